The molecule has 2 heterocycles. The average Bonchev–Trinajstić information content (AvgIpc) is 2.89. The zero-order valence-electron chi connectivity index (χ0n) is 14.0. The molecule has 0 spiro atoms. The van der Waals surface area contributed by atoms with Crippen LogP contribution in [0.4, 0.5) is 10.1 Å². The number of thioether (sulfide) groups is 1. The number of anilines is 1. The lowest BCUT2D eigenvalue weighted by atomic mass is 10.00. The summed E-state index contributed by atoms with van der Waals surface area (Å²) in [5, 5.41) is 12.7. The summed E-state index contributed by atoms with van der Waals surface area (Å²) < 4.78 is 15.6. The monoisotopic (exact) mass is 422 g/mol. The van der Waals surface area contributed by atoms with E-state index in [0.29, 0.717) is 6.54 Å². The van der Waals surface area contributed by atoms with Gasteiger partial charge in [0, 0.05) is 11.3 Å². The summed E-state index contributed by atoms with van der Waals surface area (Å²) in [6, 6.07) is 14.3. The Morgan fingerprint density at radius 3 is 2.60 bits per heavy atom. The van der Waals surface area contributed by atoms with E-state index in [4.69, 9.17) is 0 Å². The molecule has 1 N–H and O–H groups in total. The molecule has 0 aliphatic carbocycles. The number of benzene rings is 2. The van der Waals surface area contributed by atoms with Crippen LogP contribution >= 0.6 is 11.8 Å². The van der Waals surface area contributed by atoms with Crippen molar-refractivity contribution in [2.75, 3.05) is 23.7 Å². The van der Waals surface area contributed by atoms with Crippen molar-refractivity contribution in [3.63, 3.8) is 0 Å². The second kappa shape index (κ2) is 7.09. The number of hydrogen-bond acceptors (Lipinski definition) is 3. The summed E-state index contributed by atoms with van der Waals surface area (Å²) in [6.45, 7) is 3.49. The quantitative estimate of drug-likeness (QED) is 0.705. The van der Waals surface area contributed by atoms with Crippen molar-refractivity contribution in [2.45, 2.75) is 19.1 Å². The highest BCUT2D eigenvalue weighted by Crippen LogP contribution is 2.40. The van der Waals surface area contributed by atoms with Crippen LogP contribution in [0.1, 0.15) is 17.5 Å². The Kier molecular flexibility index (Phi) is 5.23. The molecule has 6 heteroatoms. The van der Waals surface area contributed by atoms with Gasteiger partial charge in [-0.15, -0.1) is 0 Å². The van der Waals surface area contributed by atoms with Crippen LogP contribution in [-0.2, 0) is 5.72 Å². The highest BCUT2D eigenvalue weighted by atomic mass is 79.9. The van der Waals surface area contributed by atoms with Gasteiger partial charge < -0.3 is 22.1 Å². The molecule has 1 atom stereocenters. The zero-order chi connectivity index (χ0) is 16.7. The summed E-state index contributed by atoms with van der Waals surface area (Å²) >= 11 is 1.78. The molecule has 0 amide bonds. The van der Waals surface area contributed by atoms with Gasteiger partial charge in [-0.1, -0.05) is 18.2 Å². The SMILES string of the molecule is Cc1ccccc1N1C2=[N+](CCCS2)CC1(O)c1ccc(F)cc1.[Br-]. The number of amidine groups is 1. The van der Waals surface area contributed by atoms with Crippen molar-refractivity contribution < 1.29 is 31.1 Å². The van der Waals surface area contributed by atoms with Gasteiger partial charge in [0.25, 0.3) is 5.72 Å². The summed E-state index contributed by atoms with van der Waals surface area (Å²) in [5.74, 6) is 0.760. The number of rotatable bonds is 2. The number of aryl methyl sites for hydroxylation is 1. The van der Waals surface area contributed by atoms with E-state index >= 15 is 0 Å². The Morgan fingerprint density at radius 1 is 1.16 bits per heavy atom. The molecule has 132 valence electrons. The number of aliphatic hydroxyl groups is 1. The Labute approximate surface area is 161 Å². The first kappa shape index (κ1) is 18.4. The summed E-state index contributed by atoms with van der Waals surface area (Å²) in [5.41, 5.74) is 1.64. The highest BCUT2D eigenvalue weighted by Gasteiger charge is 2.55. The molecule has 0 saturated heterocycles. The summed E-state index contributed by atoms with van der Waals surface area (Å²) in [4.78, 5) is 2.03. The minimum Gasteiger partial charge on any atom is -1.00 e. The van der Waals surface area contributed by atoms with Crippen LogP contribution < -0.4 is 21.9 Å². The Bertz CT molecular complexity index is 811. The van der Waals surface area contributed by atoms with Crippen molar-refractivity contribution in [2.24, 2.45) is 0 Å². The molecule has 2 aliphatic rings. The molecule has 2 aromatic carbocycles. The zero-order valence-corrected chi connectivity index (χ0v) is 16.4. The molecule has 0 aromatic heterocycles. The fourth-order valence-electron chi connectivity index (χ4n) is 3.51. The van der Waals surface area contributed by atoms with E-state index in [1.54, 1.807) is 23.9 Å². The standard InChI is InChI=1S/C19H20FN2OS.BrH/c1-14-5-2-3-6-17(14)22-18-21(11-4-12-24-18)13-19(22,23)15-7-9-16(20)10-8-15;/h2-3,5-10,23H,4,11-13H2,1H3;1H/q+1;/p-1. The summed E-state index contributed by atoms with van der Waals surface area (Å²) in [6.07, 6.45) is 1.11. The maximum atomic E-state index is 13.4. The molecule has 4 rings (SSSR count). The fraction of sp³-hybridized carbons (Fsp3) is 0.316. The Morgan fingerprint density at radius 2 is 1.88 bits per heavy atom. The van der Waals surface area contributed by atoms with Crippen LogP contribution in [0.15, 0.2) is 48.5 Å². The lowest BCUT2D eigenvalue weighted by molar-refractivity contribution is -0.532. The van der Waals surface area contributed by atoms with Crippen molar-refractivity contribution in [3.8, 4) is 0 Å². The molecule has 3 nitrogen and oxygen atoms in total. The van der Waals surface area contributed by atoms with E-state index in [2.05, 4.69) is 17.6 Å². The van der Waals surface area contributed by atoms with E-state index in [0.717, 1.165) is 40.7 Å². The first-order valence-corrected chi connectivity index (χ1v) is 9.17. The van der Waals surface area contributed by atoms with E-state index in [1.165, 1.54) is 12.1 Å². The maximum absolute atomic E-state index is 13.4. The van der Waals surface area contributed by atoms with Crippen molar-refractivity contribution in [1.82, 2.24) is 0 Å². The number of hydrogen-bond donors (Lipinski definition) is 1. The third kappa shape index (κ3) is 3.11. The van der Waals surface area contributed by atoms with Gasteiger partial charge in [0.05, 0.1) is 6.54 Å². The molecule has 1 unspecified atom stereocenters. The minimum atomic E-state index is -1.19. The van der Waals surface area contributed by atoms with Gasteiger partial charge in [-0.2, -0.15) is 4.90 Å². The maximum Gasteiger partial charge on any atom is 0.316 e. The van der Waals surface area contributed by atoms with Crippen LogP contribution in [-0.4, -0.2) is 33.7 Å². The minimum absolute atomic E-state index is 0. The predicted molar refractivity (Wildman–Crippen MR) is 96.0 cm³/mol. The van der Waals surface area contributed by atoms with Gasteiger partial charge in [0.1, 0.15) is 11.5 Å². The normalized spacial score (nSPS) is 22.6. The Hall–Kier alpha value is -1.37. The number of para-hydroxylation sites is 1. The van der Waals surface area contributed by atoms with E-state index in [9.17, 15) is 9.50 Å². The smallest absolute Gasteiger partial charge is 0.316 e. The number of nitrogens with zero attached hydrogens (tertiary/aromatic N) is 2. The van der Waals surface area contributed by atoms with E-state index in [-0.39, 0.29) is 22.8 Å². The second-order valence-electron chi connectivity index (χ2n) is 6.35. The van der Waals surface area contributed by atoms with Crippen molar-refractivity contribution >= 4 is 22.6 Å². The largest absolute Gasteiger partial charge is 1.00 e. The highest BCUT2D eigenvalue weighted by molar-refractivity contribution is 8.14. The van der Waals surface area contributed by atoms with E-state index in [1.807, 2.05) is 23.1 Å². The first-order chi connectivity index (χ1) is 11.6. The third-order valence-corrected chi connectivity index (χ3v) is 5.90. The second-order valence-corrected chi connectivity index (χ2v) is 7.41. The van der Waals surface area contributed by atoms with Gasteiger partial charge >= 0.3 is 5.17 Å². The summed E-state index contributed by atoms with van der Waals surface area (Å²) in [7, 11) is 0. The van der Waals surface area contributed by atoms with Crippen LogP contribution in [0.2, 0.25) is 0 Å². The number of halogens is 2. The van der Waals surface area contributed by atoms with Gasteiger partial charge in [0.2, 0.25) is 0 Å². The van der Waals surface area contributed by atoms with Gasteiger partial charge in [-0.25, -0.2) is 8.97 Å². The van der Waals surface area contributed by atoms with Gasteiger partial charge in [-0.3, -0.25) is 0 Å². The molecular weight excluding hydrogens is 403 g/mol. The molecular formula is C19H20BrFN2OS. The average molecular weight is 423 g/mol. The molecule has 2 aliphatic heterocycles. The van der Waals surface area contributed by atoms with Crippen LogP contribution in [0.3, 0.4) is 0 Å². The van der Waals surface area contributed by atoms with Crippen molar-refractivity contribution in [1.29, 1.82) is 0 Å². The molecule has 0 radical (unpaired) electrons. The van der Waals surface area contributed by atoms with Crippen molar-refractivity contribution in [3.05, 3.63) is 65.5 Å². The molecule has 25 heavy (non-hydrogen) atoms. The van der Waals surface area contributed by atoms with Crippen LogP contribution in [0.5, 0.6) is 0 Å². The van der Waals surface area contributed by atoms with Crippen LogP contribution in [0.25, 0.3) is 0 Å². The van der Waals surface area contributed by atoms with Gasteiger partial charge in [-0.05, 0) is 61.0 Å². The van der Waals surface area contributed by atoms with E-state index < -0.39 is 5.72 Å². The molecule has 0 bridgehead atoms. The molecule has 0 fully saturated rings. The lowest BCUT2D eigenvalue weighted by Crippen LogP contribution is -3.00. The molecule has 0 saturated carbocycles. The third-order valence-electron chi connectivity index (χ3n) is 4.71. The predicted octanol–water partition coefficient (Wildman–Crippen LogP) is 0.309. The topological polar surface area (TPSA) is 26.5 Å². The lowest BCUT2D eigenvalue weighted by Gasteiger charge is -2.29. The Balaban J connectivity index is 0.00000182. The first-order valence-electron chi connectivity index (χ1n) is 8.18. The molecule has 2 aromatic rings. The fourth-order valence-corrected chi connectivity index (χ4v) is 4.68. The van der Waals surface area contributed by atoms with Gasteiger partial charge in [0.15, 0.2) is 6.54 Å². The van der Waals surface area contributed by atoms with Crippen LogP contribution in [0, 0.1) is 12.7 Å².